The van der Waals surface area contributed by atoms with Gasteiger partial charge in [-0.05, 0) is 47.2 Å². The molecule has 3 heterocycles. The fourth-order valence-corrected chi connectivity index (χ4v) is 3.47. The number of amides is 1. The average Bonchev–Trinajstić information content (AvgIpc) is 3.44. The average molecular weight is 463 g/mol. The van der Waals surface area contributed by atoms with Crippen LogP contribution in [0.2, 0.25) is 0 Å². The Morgan fingerprint density at radius 2 is 1.94 bits per heavy atom. The van der Waals surface area contributed by atoms with E-state index >= 15 is 0 Å². The summed E-state index contributed by atoms with van der Waals surface area (Å²) in [7, 11) is 0. The van der Waals surface area contributed by atoms with Crippen LogP contribution in [0.4, 0.5) is 10.2 Å². The van der Waals surface area contributed by atoms with Gasteiger partial charge >= 0.3 is 0 Å². The number of benzene rings is 1. The molecule has 3 aromatic heterocycles. The number of carbonyl (C=O) groups is 1. The van der Waals surface area contributed by atoms with Crippen molar-refractivity contribution in [1.29, 1.82) is 0 Å². The molecule has 0 saturated carbocycles. The third kappa shape index (κ3) is 4.57. The Morgan fingerprint density at radius 1 is 1.18 bits per heavy atom. The molecular weight excluding hydrogens is 435 g/mol. The summed E-state index contributed by atoms with van der Waals surface area (Å²) in [6.45, 7) is 11.9. The van der Waals surface area contributed by atoms with Crippen molar-refractivity contribution < 1.29 is 9.18 Å². The highest BCUT2D eigenvalue weighted by Gasteiger charge is 2.20. The van der Waals surface area contributed by atoms with E-state index in [2.05, 4.69) is 51.6 Å². The minimum absolute atomic E-state index is 0.0806. The van der Waals surface area contributed by atoms with Crippen molar-refractivity contribution in [3.63, 3.8) is 0 Å². The summed E-state index contributed by atoms with van der Waals surface area (Å²) in [6.07, 6.45) is 3.57. The zero-order chi connectivity index (χ0) is 24.6. The maximum Gasteiger partial charge on any atom is 0.259 e. The molecule has 1 amide bonds. The molecule has 0 unspecified atom stereocenters. The minimum Gasteiger partial charge on any atom is -0.306 e. The molecule has 0 spiro atoms. The summed E-state index contributed by atoms with van der Waals surface area (Å²) < 4.78 is 18.1. The van der Waals surface area contributed by atoms with Crippen LogP contribution in [0.5, 0.6) is 0 Å². The number of pyridine rings is 1. The molecule has 0 saturated heterocycles. The summed E-state index contributed by atoms with van der Waals surface area (Å²) >= 11 is 0. The third-order valence-electron chi connectivity index (χ3n) is 5.36. The van der Waals surface area contributed by atoms with Crippen molar-refractivity contribution >= 4 is 11.7 Å². The SMILES string of the molecule is Cc1cc(F)c(C(=O)Nc2cccc(-n3nnnc3C(C)C)n2)cc1-n1cnc(C(C)(C)C)c1. The van der Waals surface area contributed by atoms with E-state index in [1.165, 1.54) is 16.8 Å². The molecule has 1 aromatic carbocycles. The Kier molecular flexibility index (Phi) is 5.99. The van der Waals surface area contributed by atoms with E-state index in [-0.39, 0.29) is 22.7 Å². The fourth-order valence-electron chi connectivity index (χ4n) is 3.47. The Balaban J connectivity index is 1.64. The second-order valence-corrected chi connectivity index (χ2v) is 9.47. The summed E-state index contributed by atoms with van der Waals surface area (Å²) in [5, 5.41) is 14.4. The van der Waals surface area contributed by atoms with Gasteiger partial charge in [-0.25, -0.2) is 14.4 Å². The van der Waals surface area contributed by atoms with Crippen LogP contribution in [0.15, 0.2) is 42.9 Å². The first-order valence-corrected chi connectivity index (χ1v) is 11.0. The third-order valence-corrected chi connectivity index (χ3v) is 5.36. The van der Waals surface area contributed by atoms with Gasteiger partial charge in [-0.2, -0.15) is 4.68 Å². The zero-order valence-corrected chi connectivity index (χ0v) is 20.0. The van der Waals surface area contributed by atoms with Gasteiger partial charge in [0.2, 0.25) is 0 Å². The number of aryl methyl sites for hydroxylation is 1. The van der Waals surface area contributed by atoms with Crippen molar-refractivity contribution in [3.8, 4) is 11.5 Å². The largest absolute Gasteiger partial charge is 0.306 e. The van der Waals surface area contributed by atoms with Crippen LogP contribution in [-0.4, -0.2) is 40.6 Å². The number of aromatic nitrogens is 7. The highest BCUT2D eigenvalue weighted by atomic mass is 19.1. The van der Waals surface area contributed by atoms with E-state index in [9.17, 15) is 9.18 Å². The molecule has 0 bridgehead atoms. The van der Waals surface area contributed by atoms with Crippen molar-refractivity contribution in [2.45, 2.75) is 52.9 Å². The molecule has 1 N–H and O–H groups in total. The standard InChI is InChI=1S/C24H27FN8O/c1-14(2)22-29-30-31-33(22)21-9-7-8-20(27-21)28-23(34)16-11-18(15(3)10-17(16)25)32-12-19(26-13-32)24(4,5)6/h7-14H,1-6H3,(H,27,28,34). The van der Waals surface area contributed by atoms with Crippen molar-refractivity contribution in [2.24, 2.45) is 0 Å². The molecule has 0 atom stereocenters. The molecule has 0 aliphatic rings. The molecule has 176 valence electrons. The number of carbonyl (C=O) groups excluding carboxylic acids is 1. The zero-order valence-electron chi connectivity index (χ0n) is 20.0. The second-order valence-electron chi connectivity index (χ2n) is 9.47. The van der Waals surface area contributed by atoms with Gasteiger partial charge in [0.25, 0.3) is 5.91 Å². The first-order valence-electron chi connectivity index (χ1n) is 11.0. The van der Waals surface area contributed by atoms with E-state index in [0.29, 0.717) is 22.9 Å². The number of rotatable bonds is 5. The molecule has 10 heteroatoms. The lowest BCUT2D eigenvalue weighted by Gasteiger charge is -2.15. The highest BCUT2D eigenvalue weighted by Crippen LogP contribution is 2.25. The van der Waals surface area contributed by atoms with Crippen LogP contribution in [0.1, 0.15) is 68.0 Å². The van der Waals surface area contributed by atoms with Crippen LogP contribution in [0.3, 0.4) is 0 Å². The molecule has 4 aromatic rings. The smallest absolute Gasteiger partial charge is 0.259 e. The minimum atomic E-state index is -0.617. The summed E-state index contributed by atoms with van der Waals surface area (Å²) in [5.41, 5.74) is 2.03. The van der Waals surface area contributed by atoms with Crippen LogP contribution < -0.4 is 5.32 Å². The van der Waals surface area contributed by atoms with E-state index in [1.807, 2.05) is 20.0 Å². The first-order chi connectivity index (χ1) is 16.0. The van der Waals surface area contributed by atoms with Gasteiger partial charge < -0.3 is 9.88 Å². The van der Waals surface area contributed by atoms with E-state index < -0.39 is 11.7 Å². The number of nitrogens with one attached hydrogen (secondary N) is 1. The number of anilines is 1. The first kappa shape index (κ1) is 23.2. The predicted octanol–water partition coefficient (Wildman–Crippen LogP) is 4.36. The van der Waals surface area contributed by atoms with Crippen molar-refractivity contribution in [1.82, 2.24) is 34.7 Å². The normalized spacial score (nSPS) is 11.8. The number of tetrazole rings is 1. The fraction of sp³-hybridized carbons (Fsp3) is 0.333. The molecule has 34 heavy (non-hydrogen) atoms. The van der Waals surface area contributed by atoms with Gasteiger partial charge in [-0.1, -0.05) is 40.7 Å². The molecular formula is C24H27FN8O. The second kappa shape index (κ2) is 8.77. The molecule has 0 radical (unpaired) electrons. The van der Waals surface area contributed by atoms with Gasteiger partial charge in [0.05, 0.1) is 23.3 Å². The molecule has 9 nitrogen and oxygen atoms in total. The molecule has 0 aliphatic carbocycles. The number of hydrogen-bond acceptors (Lipinski definition) is 6. The Morgan fingerprint density at radius 3 is 2.62 bits per heavy atom. The predicted molar refractivity (Wildman–Crippen MR) is 126 cm³/mol. The highest BCUT2D eigenvalue weighted by molar-refractivity contribution is 6.04. The van der Waals surface area contributed by atoms with Gasteiger partial charge in [0.15, 0.2) is 11.6 Å². The molecule has 4 rings (SSSR count). The lowest BCUT2D eigenvalue weighted by Crippen LogP contribution is -2.17. The van der Waals surface area contributed by atoms with E-state index in [0.717, 1.165) is 5.69 Å². The van der Waals surface area contributed by atoms with E-state index in [1.54, 1.807) is 36.0 Å². The van der Waals surface area contributed by atoms with Crippen LogP contribution in [-0.2, 0) is 5.41 Å². The maximum absolute atomic E-state index is 14.8. The molecule has 0 aliphatic heterocycles. The van der Waals surface area contributed by atoms with Gasteiger partial charge in [0.1, 0.15) is 11.6 Å². The number of imidazole rings is 1. The summed E-state index contributed by atoms with van der Waals surface area (Å²) in [6, 6.07) is 7.95. The number of hydrogen-bond donors (Lipinski definition) is 1. The topological polar surface area (TPSA) is 103 Å². The quantitative estimate of drug-likeness (QED) is 0.473. The summed E-state index contributed by atoms with van der Waals surface area (Å²) in [4.78, 5) is 21.9. The van der Waals surface area contributed by atoms with Gasteiger partial charge in [0, 0.05) is 17.5 Å². The number of nitrogens with zero attached hydrogens (tertiary/aromatic N) is 7. The lowest BCUT2D eigenvalue weighted by molar-refractivity contribution is 0.102. The Bertz CT molecular complexity index is 1350. The summed E-state index contributed by atoms with van der Waals surface area (Å²) in [5.74, 6) is 0.197. The molecule has 0 fully saturated rings. The Labute approximate surface area is 197 Å². The van der Waals surface area contributed by atoms with Crippen LogP contribution in [0.25, 0.3) is 11.5 Å². The van der Waals surface area contributed by atoms with Gasteiger partial charge in [-0.3, -0.25) is 4.79 Å². The monoisotopic (exact) mass is 462 g/mol. The van der Waals surface area contributed by atoms with E-state index in [4.69, 9.17) is 0 Å². The Hall–Kier alpha value is -3.95. The van der Waals surface area contributed by atoms with Crippen molar-refractivity contribution in [2.75, 3.05) is 5.32 Å². The van der Waals surface area contributed by atoms with Crippen molar-refractivity contribution in [3.05, 3.63) is 71.3 Å². The van der Waals surface area contributed by atoms with Gasteiger partial charge in [-0.15, -0.1) is 5.10 Å². The van der Waals surface area contributed by atoms with Crippen LogP contribution in [0, 0.1) is 12.7 Å². The maximum atomic E-state index is 14.8. The lowest BCUT2D eigenvalue weighted by atomic mass is 9.93. The van der Waals surface area contributed by atoms with Crippen LogP contribution >= 0.6 is 0 Å². The number of halogens is 1.